The van der Waals surface area contributed by atoms with E-state index in [4.69, 9.17) is 15.2 Å². The van der Waals surface area contributed by atoms with Gasteiger partial charge in [-0.3, -0.25) is 4.90 Å². The number of benzene rings is 2. The number of esters is 2. The summed E-state index contributed by atoms with van der Waals surface area (Å²) in [5.74, 6) is -6.40. The molecular weight excluding hydrogens is 458 g/mol. The molecule has 0 radical (unpaired) electrons. The quantitative estimate of drug-likeness (QED) is 0.518. The molecule has 11 heteroatoms. The molecule has 1 aliphatic rings. The summed E-state index contributed by atoms with van der Waals surface area (Å²) in [6, 6.07) is 13.5. The number of aromatic carboxylic acids is 2. The number of carboxylic acids is 2. The van der Waals surface area contributed by atoms with E-state index in [1.807, 2.05) is 6.07 Å². The van der Waals surface area contributed by atoms with Gasteiger partial charge in [-0.15, -0.1) is 0 Å². The van der Waals surface area contributed by atoms with Crippen LogP contribution in [0, 0.1) is 11.3 Å². The molecule has 178 valence electrons. The zero-order valence-electron chi connectivity index (χ0n) is 18.5. The summed E-state index contributed by atoms with van der Waals surface area (Å²) in [6.45, 7) is 0. The van der Waals surface area contributed by atoms with Gasteiger partial charge in [-0.1, -0.05) is 30.3 Å². The maximum absolute atomic E-state index is 13.0. The number of hydrogen-bond donors (Lipinski definition) is 3. The van der Waals surface area contributed by atoms with Crippen LogP contribution in [0.25, 0.3) is 0 Å². The number of carbonyl (C=O) groups excluding carboxylic acids is 2. The second kappa shape index (κ2) is 9.80. The largest absolute Gasteiger partial charge is 0.478 e. The van der Waals surface area contributed by atoms with E-state index in [1.54, 1.807) is 30.3 Å². The molecular formula is C24H19N3O8. The van der Waals surface area contributed by atoms with Crippen LogP contribution in [0.3, 0.4) is 0 Å². The van der Waals surface area contributed by atoms with Crippen molar-refractivity contribution < 1.29 is 38.9 Å². The van der Waals surface area contributed by atoms with E-state index in [-0.39, 0.29) is 22.7 Å². The van der Waals surface area contributed by atoms with Crippen LogP contribution in [0.15, 0.2) is 71.2 Å². The summed E-state index contributed by atoms with van der Waals surface area (Å²) in [7, 11) is 2.16. The first-order chi connectivity index (χ1) is 16.7. The highest BCUT2D eigenvalue weighted by atomic mass is 16.5. The number of nitrogens with zero attached hydrogens (tertiary/aromatic N) is 2. The highest BCUT2D eigenvalue weighted by Crippen LogP contribution is 2.43. The van der Waals surface area contributed by atoms with Crippen LogP contribution < -0.4 is 10.6 Å². The Bertz CT molecular complexity index is 1340. The molecule has 2 aromatic rings. The molecule has 2 aromatic carbocycles. The topological polar surface area (TPSA) is 180 Å². The van der Waals surface area contributed by atoms with Gasteiger partial charge < -0.3 is 25.4 Å². The second-order valence-electron chi connectivity index (χ2n) is 7.18. The number of anilines is 1. The zero-order chi connectivity index (χ0) is 25.9. The van der Waals surface area contributed by atoms with E-state index in [1.165, 1.54) is 6.07 Å². The van der Waals surface area contributed by atoms with E-state index < -0.39 is 46.6 Å². The third kappa shape index (κ3) is 4.28. The number of nitrogens with two attached hydrogens (primary N) is 1. The standard InChI is InChI=1S/C24H19N3O8/c1-34-23(32)18-17(12-6-4-3-5-7-12)16(11-25)20(26)27(19(18)24(33)35-2)13-8-9-14(21(28)29)15(10-13)22(30)31/h3-10,17H,26H2,1-2H3,(H,28,29)(H,30,31). The zero-order valence-corrected chi connectivity index (χ0v) is 18.5. The third-order valence-corrected chi connectivity index (χ3v) is 5.33. The number of carbonyl (C=O) groups is 4. The molecule has 11 nitrogen and oxygen atoms in total. The molecule has 0 amide bonds. The lowest BCUT2D eigenvalue weighted by molar-refractivity contribution is -0.139. The molecule has 0 bridgehead atoms. The number of ether oxygens (including phenoxy) is 2. The minimum absolute atomic E-state index is 0.0917. The maximum atomic E-state index is 13.0. The molecule has 0 saturated heterocycles. The number of hydrogen-bond acceptors (Lipinski definition) is 9. The Morgan fingerprint density at radius 2 is 1.54 bits per heavy atom. The lowest BCUT2D eigenvalue weighted by Crippen LogP contribution is -2.40. The SMILES string of the molecule is COC(=O)C1=C(C(=O)OC)N(c2ccc(C(=O)O)c(C(=O)O)c2)C(N)=C(C#N)C1c1ccccc1. The summed E-state index contributed by atoms with van der Waals surface area (Å²) in [4.78, 5) is 50.2. The van der Waals surface area contributed by atoms with Gasteiger partial charge in [0.15, 0.2) is 0 Å². The van der Waals surface area contributed by atoms with Gasteiger partial charge in [0.25, 0.3) is 0 Å². The van der Waals surface area contributed by atoms with Gasteiger partial charge in [-0.05, 0) is 23.8 Å². The first kappa shape index (κ1) is 24.5. The van der Waals surface area contributed by atoms with Crippen LogP contribution in [0.4, 0.5) is 5.69 Å². The van der Waals surface area contributed by atoms with Crippen LogP contribution in [-0.2, 0) is 19.1 Å². The molecule has 1 unspecified atom stereocenters. The summed E-state index contributed by atoms with van der Waals surface area (Å²) in [5, 5.41) is 28.9. The predicted molar refractivity (Wildman–Crippen MR) is 120 cm³/mol. The highest BCUT2D eigenvalue weighted by Gasteiger charge is 2.43. The number of rotatable bonds is 6. The van der Waals surface area contributed by atoms with Crippen molar-refractivity contribution in [2.24, 2.45) is 5.73 Å². The smallest absolute Gasteiger partial charge is 0.355 e. The van der Waals surface area contributed by atoms with Crippen molar-refractivity contribution >= 4 is 29.6 Å². The van der Waals surface area contributed by atoms with E-state index in [2.05, 4.69) is 0 Å². The van der Waals surface area contributed by atoms with Crippen molar-refractivity contribution in [1.82, 2.24) is 0 Å². The van der Waals surface area contributed by atoms with Crippen molar-refractivity contribution in [2.45, 2.75) is 5.92 Å². The molecule has 35 heavy (non-hydrogen) atoms. The van der Waals surface area contributed by atoms with E-state index in [0.717, 1.165) is 31.3 Å². The second-order valence-corrected chi connectivity index (χ2v) is 7.18. The highest BCUT2D eigenvalue weighted by molar-refractivity contribution is 6.07. The van der Waals surface area contributed by atoms with Crippen molar-refractivity contribution in [2.75, 3.05) is 19.1 Å². The Labute approximate surface area is 198 Å². The average molecular weight is 477 g/mol. The predicted octanol–water partition coefficient (Wildman–Crippen LogP) is 1.98. The molecule has 1 aliphatic heterocycles. The molecule has 0 fully saturated rings. The fraction of sp³-hybridized carbons (Fsp3) is 0.125. The van der Waals surface area contributed by atoms with Crippen LogP contribution in [0.2, 0.25) is 0 Å². The fourth-order valence-electron chi connectivity index (χ4n) is 3.82. The number of nitriles is 1. The normalized spacial score (nSPS) is 15.3. The average Bonchev–Trinajstić information content (AvgIpc) is 2.86. The Balaban J connectivity index is 2.44. The van der Waals surface area contributed by atoms with Crippen molar-refractivity contribution in [3.05, 3.63) is 87.9 Å². The van der Waals surface area contributed by atoms with Gasteiger partial charge in [0.1, 0.15) is 11.5 Å². The summed E-state index contributed by atoms with van der Waals surface area (Å²) in [5.41, 5.74) is 4.78. The van der Waals surface area contributed by atoms with Gasteiger partial charge in [-0.2, -0.15) is 5.26 Å². The van der Waals surface area contributed by atoms with Gasteiger partial charge in [0.2, 0.25) is 0 Å². The molecule has 1 atom stereocenters. The minimum atomic E-state index is -1.55. The number of carboxylic acid groups (broad SMARTS) is 2. The molecule has 0 aromatic heterocycles. The molecule has 4 N–H and O–H groups in total. The third-order valence-electron chi connectivity index (χ3n) is 5.33. The van der Waals surface area contributed by atoms with Gasteiger partial charge in [0, 0.05) is 5.69 Å². The van der Waals surface area contributed by atoms with Gasteiger partial charge in [0.05, 0.1) is 48.5 Å². The van der Waals surface area contributed by atoms with Crippen LogP contribution in [0.5, 0.6) is 0 Å². The van der Waals surface area contributed by atoms with E-state index >= 15 is 0 Å². The van der Waals surface area contributed by atoms with E-state index in [9.17, 15) is 34.7 Å². The van der Waals surface area contributed by atoms with E-state index in [0.29, 0.717) is 5.56 Å². The summed E-state index contributed by atoms with van der Waals surface area (Å²) < 4.78 is 9.80. The molecule has 0 saturated carbocycles. The Kier molecular flexibility index (Phi) is 6.87. The number of methoxy groups -OCH3 is 2. The Morgan fingerprint density at radius 1 is 0.943 bits per heavy atom. The minimum Gasteiger partial charge on any atom is -0.478 e. The van der Waals surface area contributed by atoms with Crippen LogP contribution in [-0.4, -0.2) is 48.3 Å². The maximum Gasteiger partial charge on any atom is 0.355 e. The lowest BCUT2D eigenvalue weighted by Gasteiger charge is -2.36. The van der Waals surface area contributed by atoms with Crippen molar-refractivity contribution in [3.8, 4) is 6.07 Å². The fourth-order valence-corrected chi connectivity index (χ4v) is 3.82. The van der Waals surface area contributed by atoms with Crippen molar-refractivity contribution in [1.29, 1.82) is 5.26 Å². The first-order valence-electron chi connectivity index (χ1n) is 9.94. The Morgan fingerprint density at radius 3 is 2.06 bits per heavy atom. The lowest BCUT2D eigenvalue weighted by atomic mass is 9.81. The molecule has 0 aliphatic carbocycles. The van der Waals surface area contributed by atoms with Crippen LogP contribution >= 0.6 is 0 Å². The van der Waals surface area contributed by atoms with Crippen LogP contribution in [0.1, 0.15) is 32.2 Å². The van der Waals surface area contributed by atoms with Crippen molar-refractivity contribution in [3.63, 3.8) is 0 Å². The first-order valence-corrected chi connectivity index (χ1v) is 9.94. The molecule has 1 heterocycles. The van der Waals surface area contributed by atoms with Gasteiger partial charge >= 0.3 is 23.9 Å². The Hall–Kier alpha value is -5.11. The summed E-state index contributed by atoms with van der Waals surface area (Å²) >= 11 is 0. The monoisotopic (exact) mass is 477 g/mol. The molecule has 0 spiro atoms. The van der Waals surface area contributed by atoms with Gasteiger partial charge in [-0.25, -0.2) is 19.2 Å². The molecule has 3 rings (SSSR count). The number of allylic oxidation sites excluding steroid dienone is 1. The summed E-state index contributed by atoms with van der Waals surface area (Å²) in [6.07, 6.45) is 0.